The summed E-state index contributed by atoms with van der Waals surface area (Å²) in [7, 11) is 5.94. The third-order valence-electron chi connectivity index (χ3n) is 7.28. The average Bonchev–Trinajstić information content (AvgIpc) is 3.37. The van der Waals surface area contributed by atoms with Crippen molar-refractivity contribution in [3.63, 3.8) is 0 Å². The van der Waals surface area contributed by atoms with Gasteiger partial charge in [-0.1, -0.05) is 12.6 Å². The fourth-order valence-electron chi connectivity index (χ4n) is 4.98. The monoisotopic (exact) mass is 591 g/mol. The van der Waals surface area contributed by atoms with Crippen molar-refractivity contribution < 1.29 is 18.3 Å². The van der Waals surface area contributed by atoms with E-state index in [1.807, 2.05) is 39.3 Å². The number of likely N-dealkylation sites (N-methyl/N-ethyl adjacent to an activating group) is 1. The van der Waals surface area contributed by atoms with Gasteiger partial charge in [-0.05, 0) is 44.4 Å². The zero-order chi connectivity index (χ0) is 30.5. The molecular weight excluding hydrogens is 556 g/mol. The van der Waals surface area contributed by atoms with Gasteiger partial charge in [-0.15, -0.1) is 0 Å². The van der Waals surface area contributed by atoms with E-state index in [0.29, 0.717) is 30.2 Å². The highest BCUT2D eigenvalue weighted by Gasteiger charge is 2.23. The number of aryl methyl sites for hydroxylation is 1. The van der Waals surface area contributed by atoms with Crippen LogP contribution in [-0.4, -0.2) is 95.4 Å². The van der Waals surface area contributed by atoms with Gasteiger partial charge in [0.25, 0.3) is 0 Å². The number of amides is 1. The van der Waals surface area contributed by atoms with Gasteiger partial charge in [0.1, 0.15) is 0 Å². The zero-order valence-electron chi connectivity index (χ0n) is 24.4. The highest BCUT2D eigenvalue weighted by Crippen LogP contribution is 2.39. The third kappa shape index (κ3) is 7.24. The van der Waals surface area contributed by atoms with Gasteiger partial charge in [0.05, 0.1) is 34.5 Å². The minimum atomic E-state index is -3.07. The second-order valence-electron chi connectivity index (χ2n) is 10.5. The Morgan fingerprint density at radius 2 is 1.93 bits per heavy atom. The molecule has 2 N–H and O–H groups in total. The van der Waals surface area contributed by atoms with E-state index in [-0.39, 0.29) is 17.4 Å². The molecule has 0 saturated carbocycles. The third-order valence-corrected chi connectivity index (χ3v) is 7.28. The van der Waals surface area contributed by atoms with Crippen molar-refractivity contribution in [2.24, 2.45) is 7.05 Å². The lowest BCUT2D eigenvalue weighted by molar-refractivity contribution is -0.111. The summed E-state index contributed by atoms with van der Waals surface area (Å²) in [6, 6.07) is 10.7. The van der Waals surface area contributed by atoms with Crippen molar-refractivity contribution in [3.8, 4) is 17.0 Å². The van der Waals surface area contributed by atoms with Crippen molar-refractivity contribution in [2.75, 3.05) is 68.9 Å². The Labute approximate surface area is 248 Å². The lowest BCUT2D eigenvalue weighted by Gasteiger charge is -2.37. The zero-order valence-corrected chi connectivity index (χ0v) is 24.4. The van der Waals surface area contributed by atoms with E-state index < -0.39 is 12.5 Å². The topological polar surface area (TPSA) is 104 Å². The largest absolute Gasteiger partial charge is 0.433 e. The number of ether oxygens (including phenoxy) is 1. The Morgan fingerprint density at radius 3 is 2.65 bits per heavy atom. The number of aromatic nitrogens is 4. The molecule has 2 aromatic heterocycles. The number of nitrogens with zero attached hydrogens (tertiary/aromatic N) is 7. The van der Waals surface area contributed by atoms with Gasteiger partial charge < -0.3 is 25.2 Å². The van der Waals surface area contributed by atoms with E-state index in [2.05, 4.69) is 47.0 Å². The van der Waals surface area contributed by atoms with Crippen molar-refractivity contribution in [3.05, 3.63) is 61.4 Å². The Morgan fingerprint density at radius 1 is 1.14 bits per heavy atom. The Balaban J connectivity index is 1.45. The molecule has 0 spiro atoms. The first-order valence-corrected chi connectivity index (χ1v) is 13.9. The molecule has 1 aliphatic rings. The first-order chi connectivity index (χ1) is 20.7. The summed E-state index contributed by atoms with van der Waals surface area (Å²) in [6.07, 6.45) is 4.51. The molecule has 1 amide bonds. The van der Waals surface area contributed by atoms with Crippen molar-refractivity contribution in [1.29, 1.82) is 0 Å². The number of halogens is 2. The number of carbonyl (C=O) groups excluding carboxylic acids is 1. The number of hydrogen-bond donors (Lipinski definition) is 2. The van der Waals surface area contributed by atoms with Crippen LogP contribution in [0.1, 0.15) is 0 Å². The van der Waals surface area contributed by atoms with Gasteiger partial charge in [-0.3, -0.25) is 14.4 Å². The summed E-state index contributed by atoms with van der Waals surface area (Å²) in [5.41, 5.74) is 3.62. The minimum Gasteiger partial charge on any atom is -0.433 e. The molecule has 226 valence electrons. The minimum absolute atomic E-state index is 0.0950. The summed E-state index contributed by atoms with van der Waals surface area (Å²) in [6.45, 7) is 5.23. The van der Waals surface area contributed by atoms with Crippen LogP contribution in [0.25, 0.3) is 22.2 Å². The second kappa shape index (κ2) is 13.1. The van der Waals surface area contributed by atoms with Crippen LogP contribution in [0.2, 0.25) is 0 Å². The van der Waals surface area contributed by atoms with Crippen LogP contribution in [0.5, 0.6) is 5.75 Å². The summed E-state index contributed by atoms with van der Waals surface area (Å²) in [4.78, 5) is 27.8. The van der Waals surface area contributed by atoms with E-state index in [0.717, 1.165) is 48.7 Å². The van der Waals surface area contributed by atoms with Crippen LogP contribution in [0.15, 0.2) is 61.4 Å². The Bertz CT molecular complexity index is 1600. The first-order valence-electron chi connectivity index (χ1n) is 13.9. The smallest absolute Gasteiger partial charge is 0.387 e. The fourth-order valence-corrected chi connectivity index (χ4v) is 4.98. The normalized spacial score (nSPS) is 14.0. The maximum Gasteiger partial charge on any atom is 0.387 e. The molecule has 3 heterocycles. The maximum absolute atomic E-state index is 13.6. The van der Waals surface area contributed by atoms with Gasteiger partial charge >= 0.3 is 6.61 Å². The number of carbonyl (C=O) groups is 1. The van der Waals surface area contributed by atoms with Gasteiger partial charge in [0, 0.05) is 69.5 Å². The molecule has 13 heteroatoms. The van der Waals surface area contributed by atoms with Gasteiger partial charge in [0.15, 0.2) is 5.75 Å². The molecule has 4 aromatic rings. The molecule has 11 nitrogen and oxygen atoms in total. The number of piperazine rings is 1. The maximum atomic E-state index is 13.6. The summed E-state index contributed by atoms with van der Waals surface area (Å²) >= 11 is 0. The van der Waals surface area contributed by atoms with Gasteiger partial charge in [-0.25, -0.2) is 9.97 Å². The molecule has 43 heavy (non-hydrogen) atoms. The predicted octanol–water partition coefficient (Wildman–Crippen LogP) is 4.18. The van der Waals surface area contributed by atoms with Crippen molar-refractivity contribution >= 4 is 39.8 Å². The van der Waals surface area contributed by atoms with Crippen molar-refractivity contribution in [1.82, 2.24) is 29.5 Å². The van der Waals surface area contributed by atoms with Gasteiger partial charge in [0.2, 0.25) is 11.9 Å². The molecule has 1 fully saturated rings. The lowest BCUT2D eigenvalue weighted by atomic mass is 10.1. The number of rotatable bonds is 11. The van der Waals surface area contributed by atoms with Crippen molar-refractivity contribution in [2.45, 2.75) is 6.61 Å². The van der Waals surface area contributed by atoms with Crippen LogP contribution in [0.3, 0.4) is 0 Å². The van der Waals surface area contributed by atoms with E-state index in [1.165, 1.54) is 6.07 Å². The first kappa shape index (κ1) is 29.9. The van der Waals surface area contributed by atoms with E-state index in [4.69, 9.17) is 4.74 Å². The molecule has 0 bridgehead atoms. The molecule has 5 rings (SSSR count). The Hall–Kier alpha value is -4.62. The van der Waals surface area contributed by atoms with Crippen LogP contribution in [0, 0.1) is 0 Å². The number of fused-ring (bicyclic) bond motifs is 1. The SMILES string of the molecule is C=CC(=O)Nc1cc(Nc2nccc(-c3ccc4c(cnn4C)c3)n2)c(OC(F)F)cc1N1CCN(CCN(C)C)CC1. The van der Waals surface area contributed by atoms with E-state index >= 15 is 0 Å². The summed E-state index contributed by atoms with van der Waals surface area (Å²) < 4.78 is 33.9. The van der Waals surface area contributed by atoms with E-state index in [9.17, 15) is 13.6 Å². The lowest BCUT2D eigenvalue weighted by Crippen LogP contribution is -2.48. The quantitative estimate of drug-likeness (QED) is 0.249. The number of benzene rings is 2. The highest BCUT2D eigenvalue weighted by atomic mass is 19.3. The molecule has 1 aliphatic heterocycles. The number of anilines is 4. The molecule has 0 radical (unpaired) electrons. The number of alkyl halides is 2. The molecular formula is C30H35F2N9O2. The predicted molar refractivity (Wildman–Crippen MR) is 164 cm³/mol. The molecule has 0 atom stereocenters. The van der Waals surface area contributed by atoms with E-state index in [1.54, 1.807) is 29.2 Å². The summed E-state index contributed by atoms with van der Waals surface area (Å²) in [5, 5.41) is 11.1. The van der Waals surface area contributed by atoms with Crippen LogP contribution < -0.4 is 20.3 Å². The second-order valence-corrected chi connectivity index (χ2v) is 10.5. The van der Waals surface area contributed by atoms with Crippen LogP contribution in [-0.2, 0) is 11.8 Å². The summed E-state index contributed by atoms with van der Waals surface area (Å²) in [5.74, 6) is -0.350. The average molecular weight is 592 g/mol. The van der Waals surface area contributed by atoms with Crippen LogP contribution in [0.4, 0.5) is 31.8 Å². The molecule has 2 aromatic carbocycles. The standard InChI is InChI=1S/C30H35F2N9O2/c1-5-28(42)35-23-17-24(27(43-29(31)32)18-26(23)41-14-12-40(13-15-41)11-10-38(2)3)37-30-33-9-8-22(36-30)20-6-7-25-21(16-20)19-34-39(25)4/h5-9,16-19,29H,1,10-15H2,2-4H3,(H,35,42)(H,33,36,37). The Kier molecular flexibility index (Phi) is 9.12. The fraction of sp³-hybridized carbons (Fsp3) is 0.333. The number of nitrogens with one attached hydrogen (secondary N) is 2. The molecule has 0 unspecified atom stereocenters. The highest BCUT2D eigenvalue weighted by molar-refractivity contribution is 6.02. The molecule has 0 aliphatic carbocycles. The van der Waals surface area contributed by atoms with Gasteiger partial charge in [-0.2, -0.15) is 13.9 Å². The molecule has 1 saturated heterocycles. The number of hydrogen-bond acceptors (Lipinski definition) is 9. The van der Waals surface area contributed by atoms with Crippen LogP contribution >= 0.6 is 0 Å².